The molecule has 2 rings (SSSR count). The topological polar surface area (TPSA) is 69.6 Å². The maximum absolute atomic E-state index is 13.6. The lowest BCUT2D eigenvalue weighted by Crippen LogP contribution is -2.34. The Hall–Kier alpha value is -2.21. The van der Waals surface area contributed by atoms with Gasteiger partial charge in [0, 0.05) is 6.08 Å². The molecule has 100 valence electrons. The SMILES string of the molecule is Cc1ccc(NC2=CC(=O)N(CCO)C2=O)c(F)c1. The van der Waals surface area contributed by atoms with Crippen LogP contribution in [0, 0.1) is 12.7 Å². The van der Waals surface area contributed by atoms with Gasteiger partial charge in [0.2, 0.25) is 0 Å². The Morgan fingerprint density at radius 3 is 2.74 bits per heavy atom. The number of β-amino-alcohol motifs (C(OH)–C–C–N with tert-alkyl or cyclic N) is 1. The number of carbonyl (C=O) groups is 2. The zero-order valence-electron chi connectivity index (χ0n) is 10.3. The molecule has 1 aromatic carbocycles. The lowest BCUT2D eigenvalue weighted by Gasteiger charge is -2.13. The number of aliphatic hydroxyl groups excluding tert-OH is 1. The van der Waals surface area contributed by atoms with Crippen LogP contribution < -0.4 is 5.32 Å². The largest absolute Gasteiger partial charge is 0.395 e. The first-order valence-electron chi connectivity index (χ1n) is 5.74. The van der Waals surface area contributed by atoms with E-state index in [1.807, 2.05) is 0 Å². The summed E-state index contributed by atoms with van der Waals surface area (Å²) < 4.78 is 13.6. The Kier molecular flexibility index (Phi) is 3.62. The fourth-order valence-corrected chi connectivity index (χ4v) is 1.78. The van der Waals surface area contributed by atoms with E-state index >= 15 is 0 Å². The molecule has 1 heterocycles. The predicted molar refractivity (Wildman–Crippen MR) is 66.6 cm³/mol. The number of amides is 2. The molecule has 1 aliphatic heterocycles. The molecule has 0 aromatic heterocycles. The fraction of sp³-hybridized carbons (Fsp3) is 0.231. The molecule has 1 aromatic rings. The minimum atomic E-state index is -0.570. The van der Waals surface area contributed by atoms with Gasteiger partial charge < -0.3 is 10.4 Å². The molecular weight excluding hydrogens is 251 g/mol. The number of aliphatic hydroxyl groups is 1. The highest BCUT2D eigenvalue weighted by Gasteiger charge is 2.30. The first-order chi connectivity index (χ1) is 9.02. The summed E-state index contributed by atoms with van der Waals surface area (Å²) in [5.74, 6) is -1.59. The molecule has 1 aliphatic rings. The zero-order chi connectivity index (χ0) is 14.0. The Morgan fingerprint density at radius 1 is 1.37 bits per heavy atom. The zero-order valence-corrected chi connectivity index (χ0v) is 10.3. The molecule has 0 aliphatic carbocycles. The van der Waals surface area contributed by atoms with Crippen LogP contribution in [0.1, 0.15) is 5.56 Å². The van der Waals surface area contributed by atoms with Gasteiger partial charge in [-0.1, -0.05) is 6.07 Å². The smallest absolute Gasteiger partial charge is 0.277 e. The first kappa shape index (κ1) is 13.2. The minimum Gasteiger partial charge on any atom is -0.395 e. The number of halogens is 1. The molecule has 2 N–H and O–H groups in total. The maximum Gasteiger partial charge on any atom is 0.277 e. The number of aryl methyl sites for hydroxylation is 1. The molecule has 0 atom stereocenters. The second kappa shape index (κ2) is 5.19. The summed E-state index contributed by atoms with van der Waals surface area (Å²) in [5, 5.41) is 11.4. The van der Waals surface area contributed by atoms with Gasteiger partial charge in [-0.15, -0.1) is 0 Å². The normalized spacial score (nSPS) is 14.9. The van der Waals surface area contributed by atoms with Gasteiger partial charge in [-0.05, 0) is 24.6 Å². The van der Waals surface area contributed by atoms with E-state index < -0.39 is 17.6 Å². The van der Waals surface area contributed by atoms with Crippen LogP contribution in [0.25, 0.3) is 0 Å². The van der Waals surface area contributed by atoms with E-state index in [0.717, 1.165) is 16.5 Å². The molecule has 0 unspecified atom stereocenters. The second-order valence-corrected chi connectivity index (χ2v) is 4.18. The number of hydrogen-bond donors (Lipinski definition) is 2. The summed E-state index contributed by atoms with van der Waals surface area (Å²) in [7, 11) is 0. The number of anilines is 1. The fourth-order valence-electron chi connectivity index (χ4n) is 1.78. The highest BCUT2D eigenvalue weighted by molar-refractivity contribution is 6.17. The number of imide groups is 1. The van der Waals surface area contributed by atoms with E-state index in [9.17, 15) is 14.0 Å². The van der Waals surface area contributed by atoms with Gasteiger partial charge in [0.15, 0.2) is 0 Å². The lowest BCUT2D eigenvalue weighted by atomic mass is 10.2. The third-order valence-corrected chi connectivity index (χ3v) is 2.73. The van der Waals surface area contributed by atoms with E-state index in [-0.39, 0.29) is 24.5 Å². The highest BCUT2D eigenvalue weighted by atomic mass is 19.1. The van der Waals surface area contributed by atoms with Crippen LogP contribution in [0.4, 0.5) is 10.1 Å². The number of rotatable bonds is 4. The number of nitrogens with zero attached hydrogens (tertiary/aromatic N) is 1. The number of nitrogens with one attached hydrogen (secondary N) is 1. The monoisotopic (exact) mass is 264 g/mol. The van der Waals surface area contributed by atoms with E-state index in [1.165, 1.54) is 12.1 Å². The van der Waals surface area contributed by atoms with Gasteiger partial charge in [0.05, 0.1) is 18.8 Å². The van der Waals surface area contributed by atoms with Crippen molar-refractivity contribution in [2.75, 3.05) is 18.5 Å². The van der Waals surface area contributed by atoms with Gasteiger partial charge in [-0.3, -0.25) is 14.5 Å². The molecule has 0 spiro atoms. The van der Waals surface area contributed by atoms with E-state index in [0.29, 0.717) is 0 Å². The molecule has 5 nitrogen and oxygen atoms in total. The second-order valence-electron chi connectivity index (χ2n) is 4.18. The molecule has 0 bridgehead atoms. The van der Waals surface area contributed by atoms with Crippen LogP contribution in [-0.4, -0.2) is 35.0 Å². The Bertz CT molecular complexity index is 569. The van der Waals surface area contributed by atoms with Gasteiger partial charge >= 0.3 is 0 Å². The van der Waals surface area contributed by atoms with Gasteiger partial charge in [0.1, 0.15) is 11.5 Å². The Morgan fingerprint density at radius 2 is 2.11 bits per heavy atom. The van der Waals surface area contributed by atoms with Crippen LogP contribution in [0.5, 0.6) is 0 Å². The van der Waals surface area contributed by atoms with Gasteiger partial charge in [-0.25, -0.2) is 4.39 Å². The average Bonchev–Trinajstić information content (AvgIpc) is 2.61. The van der Waals surface area contributed by atoms with Crippen LogP contribution in [0.15, 0.2) is 30.0 Å². The summed E-state index contributed by atoms with van der Waals surface area (Å²) >= 11 is 0. The molecule has 19 heavy (non-hydrogen) atoms. The van der Waals surface area contributed by atoms with Crippen LogP contribution in [0.2, 0.25) is 0 Å². The molecule has 0 fully saturated rings. The average molecular weight is 264 g/mol. The maximum atomic E-state index is 13.6. The van der Waals surface area contributed by atoms with Crippen LogP contribution in [0.3, 0.4) is 0 Å². The summed E-state index contributed by atoms with van der Waals surface area (Å²) in [5.41, 5.74) is 0.887. The van der Waals surface area contributed by atoms with Crippen molar-refractivity contribution in [3.8, 4) is 0 Å². The third kappa shape index (κ3) is 2.63. The van der Waals surface area contributed by atoms with E-state index in [2.05, 4.69) is 5.32 Å². The first-order valence-corrected chi connectivity index (χ1v) is 5.74. The Balaban J connectivity index is 2.18. The van der Waals surface area contributed by atoms with Gasteiger partial charge in [-0.2, -0.15) is 0 Å². The molecule has 2 amide bonds. The van der Waals surface area contributed by atoms with E-state index in [4.69, 9.17) is 5.11 Å². The predicted octanol–water partition coefficient (Wildman–Crippen LogP) is 0.791. The number of carbonyl (C=O) groups excluding carboxylic acids is 2. The van der Waals surface area contributed by atoms with Crippen molar-refractivity contribution < 1.29 is 19.1 Å². The van der Waals surface area contributed by atoms with Crippen molar-refractivity contribution in [3.63, 3.8) is 0 Å². The van der Waals surface area contributed by atoms with E-state index in [1.54, 1.807) is 13.0 Å². The van der Waals surface area contributed by atoms with Crippen molar-refractivity contribution in [2.24, 2.45) is 0 Å². The standard InChI is InChI=1S/C13H13FN2O3/c1-8-2-3-10(9(14)6-8)15-11-7-12(18)16(4-5-17)13(11)19/h2-3,6-7,15,17H,4-5H2,1H3. The highest BCUT2D eigenvalue weighted by Crippen LogP contribution is 2.20. The molecular formula is C13H13FN2O3. The molecule has 6 heteroatoms. The summed E-state index contributed by atoms with van der Waals surface area (Å²) in [4.78, 5) is 24.2. The summed E-state index contributed by atoms with van der Waals surface area (Å²) in [6.07, 6.45) is 1.09. The number of hydrogen-bond acceptors (Lipinski definition) is 4. The quantitative estimate of drug-likeness (QED) is 0.789. The van der Waals surface area contributed by atoms with Crippen LogP contribution >= 0.6 is 0 Å². The summed E-state index contributed by atoms with van der Waals surface area (Å²) in [6, 6.07) is 4.52. The molecule has 0 saturated heterocycles. The van der Waals surface area contributed by atoms with Crippen molar-refractivity contribution >= 4 is 17.5 Å². The van der Waals surface area contributed by atoms with Crippen molar-refractivity contribution in [3.05, 3.63) is 41.4 Å². The van der Waals surface area contributed by atoms with Crippen molar-refractivity contribution in [2.45, 2.75) is 6.92 Å². The molecule has 0 saturated carbocycles. The lowest BCUT2D eigenvalue weighted by molar-refractivity contribution is -0.137. The van der Waals surface area contributed by atoms with Gasteiger partial charge in [0.25, 0.3) is 11.8 Å². The van der Waals surface area contributed by atoms with Crippen LogP contribution in [-0.2, 0) is 9.59 Å². The van der Waals surface area contributed by atoms with Crippen molar-refractivity contribution in [1.29, 1.82) is 0 Å². The summed E-state index contributed by atoms with van der Waals surface area (Å²) in [6.45, 7) is 1.37. The molecule has 0 radical (unpaired) electrons. The Labute approximate surface area is 109 Å². The van der Waals surface area contributed by atoms with Crippen molar-refractivity contribution in [1.82, 2.24) is 4.90 Å². The minimum absolute atomic E-state index is 0.00111. The number of benzene rings is 1. The third-order valence-electron chi connectivity index (χ3n) is 2.73.